The average molecular weight is 261 g/mol. The van der Waals surface area contributed by atoms with Gasteiger partial charge in [-0.2, -0.15) is 0 Å². The summed E-state index contributed by atoms with van der Waals surface area (Å²) >= 11 is 0. The Balaban J connectivity index is 2.06. The van der Waals surface area contributed by atoms with Crippen molar-refractivity contribution in [1.82, 2.24) is 10.6 Å². The zero-order valence-corrected chi connectivity index (χ0v) is 11.6. The number of amides is 1. The molecular formula is C15H23N3O. The summed E-state index contributed by atoms with van der Waals surface area (Å²) in [7, 11) is 0. The number of carbonyl (C=O) groups excluding carboxylic acids is 1. The summed E-state index contributed by atoms with van der Waals surface area (Å²) < 4.78 is 0. The molecule has 4 nitrogen and oxygen atoms in total. The van der Waals surface area contributed by atoms with Gasteiger partial charge in [-0.25, -0.2) is 0 Å². The molecule has 0 aliphatic carbocycles. The number of nitrogens with one attached hydrogen (secondary N) is 2. The molecule has 4 N–H and O–H groups in total. The van der Waals surface area contributed by atoms with E-state index in [0.29, 0.717) is 0 Å². The molecule has 0 spiro atoms. The van der Waals surface area contributed by atoms with Crippen LogP contribution in [0.5, 0.6) is 0 Å². The Morgan fingerprint density at radius 3 is 3.00 bits per heavy atom. The molecule has 0 bridgehead atoms. The van der Waals surface area contributed by atoms with Gasteiger partial charge in [-0.05, 0) is 23.5 Å². The molecule has 1 unspecified atom stereocenters. The second-order valence-corrected chi connectivity index (χ2v) is 5.26. The zero-order valence-electron chi connectivity index (χ0n) is 11.6. The van der Waals surface area contributed by atoms with Gasteiger partial charge in [0.1, 0.15) is 6.17 Å². The third-order valence-corrected chi connectivity index (χ3v) is 3.96. The van der Waals surface area contributed by atoms with Crippen molar-refractivity contribution in [3.63, 3.8) is 0 Å². The van der Waals surface area contributed by atoms with E-state index in [2.05, 4.69) is 22.8 Å². The highest BCUT2D eigenvalue weighted by molar-refractivity contribution is 5.82. The van der Waals surface area contributed by atoms with Gasteiger partial charge in [0.15, 0.2) is 0 Å². The maximum absolute atomic E-state index is 12.1. The van der Waals surface area contributed by atoms with E-state index in [1.807, 2.05) is 26.0 Å². The molecule has 3 atom stereocenters. The normalized spacial score (nSPS) is 21.3. The van der Waals surface area contributed by atoms with Crippen LogP contribution in [0.2, 0.25) is 0 Å². The van der Waals surface area contributed by atoms with Gasteiger partial charge >= 0.3 is 0 Å². The van der Waals surface area contributed by atoms with E-state index in [9.17, 15) is 4.79 Å². The average Bonchev–Trinajstić information content (AvgIpc) is 2.46. The second kappa shape index (κ2) is 6.17. The van der Waals surface area contributed by atoms with Crippen molar-refractivity contribution in [3.8, 4) is 0 Å². The van der Waals surface area contributed by atoms with Crippen molar-refractivity contribution in [3.05, 3.63) is 35.4 Å². The van der Waals surface area contributed by atoms with Crippen molar-refractivity contribution in [2.75, 3.05) is 6.54 Å². The second-order valence-electron chi connectivity index (χ2n) is 5.26. The molecule has 0 saturated carbocycles. The molecule has 0 radical (unpaired) electrons. The minimum absolute atomic E-state index is 0.0800. The van der Waals surface area contributed by atoms with E-state index in [4.69, 9.17) is 5.73 Å². The van der Waals surface area contributed by atoms with E-state index in [0.717, 1.165) is 24.9 Å². The molecule has 1 heterocycles. The standard InChI is InChI=1S/C15H23N3O/c1-3-10(2)13(16)15(19)18-14-12-7-5-4-6-11(12)8-9-17-14/h4-7,10,13-14,17H,3,8-9,16H2,1-2H3,(H,18,19)/t10-,13-,14?/m0/s1. The van der Waals surface area contributed by atoms with Gasteiger partial charge < -0.3 is 11.1 Å². The summed E-state index contributed by atoms with van der Waals surface area (Å²) in [5.41, 5.74) is 8.41. The Hall–Kier alpha value is -1.39. The fourth-order valence-electron chi connectivity index (χ4n) is 2.38. The van der Waals surface area contributed by atoms with Crippen LogP contribution in [0.4, 0.5) is 0 Å². The molecule has 1 amide bonds. The molecule has 2 rings (SSSR count). The lowest BCUT2D eigenvalue weighted by molar-refractivity contribution is -0.124. The number of hydrogen-bond acceptors (Lipinski definition) is 3. The zero-order chi connectivity index (χ0) is 13.8. The van der Waals surface area contributed by atoms with Gasteiger partial charge in [0, 0.05) is 6.54 Å². The molecule has 19 heavy (non-hydrogen) atoms. The molecule has 0 saturated heterocycles. The summed E-state index contributed by atoms with van der Waals surface area (Å²) in [4.78, 5) is 12.1. The molecule has 1 aliphatic heterocycles. The number of carbonyl (C=O) groups is 1. The van der Waals surface area contributed by atoms with E-state index in [1.54, 1.807) is 0 Å². The Morgan fingerprint density at radius 2 is 2.26 bits per heavy atom. The summed E-state index contributed by atoms with van der Waals surface area (Å²) in [6, 6.07) is 7.76. The Morgan fingerprint density at radius 1 is 1.53 bits per heavy atom. The number of benzene rings is 1. The van der Waals surface area contributed by atoms with Gasteiger partial charge in [-0.3, -0.25) is 10.1 Å². The highest BCUT2D eigenvalue weighted by atomic mass is 16.2. The summed E-state index contributed by atoms with van der Waals surface area (Å²) in [6.07, 6.45) is 1.79. The van der Waals surface area contributed by atoms with Crippen molar-refractivity contribution in [1.29, 1.82) is 0 Å². The number of hydrogen-bond donors (Lipinski definition) is 3. The van der Waals surface area contributed by atoms with Crippen LogP contribution in [-0.2, 0) is 11.2 Å². The first-order valence-electron chi connectivity index (χ1n) is 7.00. The lowest BCUT2D eigenvalue weighted by atomic mass is 9.96. The van der Waals surface area contributed by atoms with Crippen LogP contribution >= 0.6 is 0 Å². The third kappa shape index (κ3) is 3.14. The van der Waals surface area contributed by atoms with Gasteiger partial charge in [0.2, 0.25) is 5.91 Å². The van der Waals surface area contributed by atoms with E-state index < -0.39 is 6.04 Å². The van der Waals surface area contributed by atoms with Crippen LogP contribution in [-0.4, -0.2) is 18.5 Å². The quantitative estimate of drug-likeness (QED) is 0.766. The van der Waals surface area contributed by atoms with E-state index >= 15 is 0 Å². The fourth-order valence-corrected chi connectivity index (χ4v) is 2.38. The van der Waals surface area contributed by atoms with Crippen molar-refractivity contribution in [2.24, 2.45) is 11.7 Å². The number of rotatable bonds is 4. The van der Waals surface area contributed by atoms with Crippen LogP contribution in [0.15, 0.2) is 24.3 Å². The molecule has 0 aromatic heterocycles. The van der Waals surface area contributed by atoms with Crippen LogP contribution in [0.1, 0.15) is 37.6 Å². The molecule has 1 aromatic carbocycles. The smallest absolute Gasteiger partial charge is 0.238 e. The third-order valence-electron chi connectivity index (χ3n) is 3.96. The number of fused-ring (bicyclic) bond motifs is 1. The SMILES string of the molecule is CC[C@H](C)[C@H](N)C(=O)NC1NCCc2ccccc21. The summed E-state index contributed by atoms with van der Waals surface area (Å²) in [6.45, 7) is 4.93. The van der Waals surface area contributed by atoms with Gasteiger partial charge in [0.25, 0.3) is 0 Å². The Bertz CT molecular complexity index is 447. The van der Waals surface area contributed by atoms with Crippen LogP contribution in [0, 0.1) is 5.92 Å². The topological polar surface area (TPSA) is 67.2 Å². The first kappa shape index (κ1) is 14.0. The molecule has 4 heteroatoms. The van der Waals surface area contributed by atoms with E-state index in [-0.39, 0.29) is 18.0 Å². The molecule has 0 fully saturated rings. The van der Waals surface area contributed by atoms with Crippen molar-refractivity contribution in [2.45, 2.75) is 38.9 Å². The summed E-state index contributed by atoms with van der Waals surface area (Å²) in [5, 5.41) is 6.35. The lowest BCUT2D eigenvalue weighted by Crippen LogP contribution is -2.50. The van der Waals surface area contributed by atoms with Gasteiger partial charge in [-0.1, -0.05) is 44.5 Å². The van der Waals surface area contributed by atoms with Crippen molar-refractivity contribution >= 4 is 5.91 Å². The summed E-state index contributed by atoms with van der Waals surface area (Å²) in [5.74, 6) is 0.113. The molecule has 1 aliphatic rings. The number of nitrogens with two attached hydrogens (primary N) is 1. The van der Waals surface area contributed by atoms with Crippen LogP contribution in [0.3, 0.4) is 0 Å². The van der Waals surface area contributed by atoms with Crippen LogP contribution < -0.4 is 16.4 Å². The fraction of sp³-hybridized carbons (Fsp3) is 0.533. The van der Waals surface area contributed by atoms with Gasteiger partial charge in [0.05, 0.1) is 6.04 Å². The monoisotopic (exact) mass is 261 g/mol. The predicted molar refractivity (Wildman–Crippen MR) is 76.5 cm³/mol. The van der Waals surface area contributed by atoms with Gasteiger partial charge in [-0.15, -0.1) is 0 Å². The molecule has 1 aromatic rings. The first-order valence-corrected chi connectivity index (χ1v) is 7.00. The highest BCUT2D eigenvalue weighted by Gasteiger charge is 2.25. The Labute approximate surface area is 114 Å². The maximum atomic E-state index is 12.1. The maximum Gasteiger partial charge on any atom is 0.238 e. The minimum Gasteiger partial charge on any atom is -0.335 e. The van der Waals surface area contributed by atoms with E-state index in [1.165, 1.54) is 5.56 Å². The molecule has 104 valence electrons. The largest absolute Gasteiger partial charge is 0.335 e. The lowest BCUT2D eigenvalue weighted by Gasteiger charge is -2.29. The Kier molecular flexibility index (Phi) is 4.56. The minimum atomic E-state index is -0.444. The highest BCUT2D eigenvalue weighted by Crippen LogP contribution is 2.20. The van der Waals surface area contributed by atoms with Crippen molar-refractivity contribution < 1.29 is 4.79 Å². The first-order chi connectivity index (χ1) is 9.13. The molecular weight excluding hydrogens is 238 g/mol. The predicted octanol–water partition coefficient (Wildman–Crippen LogP) is 1.32. The van der Waals surface area contributed by atoms with Crippen LogP contribution in [0.25, 0.3) is 0 Å².